The second-order valence-corrected chi connectivity index (χ2v) is 4.56. The number of nitrogens with zero attached hydrogens (tertiary/aromatic N) is 1. The van der Waals surface area contributed by atoms with Crippen molar-refractivity contribution >= 4 is 11.6 Å². The van der Waals surface area contributed by atoms with E-state index in [1.54, 1.807) is 0 Å². The molecule has 1 aliphatic heterocycles. The Bertz CT molecular complexity index is 545. The van der Waals surface area contributed by atoms with Crippen LogP contribution in [0.25, 0.3) is 0 Å². The van der Waals surface area contributed by atoms with E-state index in [9.17, 15) is 23.7 Å². The summed E-state index contributed by atoms with van der Waals surface area (Å²) in [6.07, 6.45) is 1.60. The van der Waals surface area contributed by atoms with Gasteiger partial charge in [0.15, 0.2) is 11.6 Å². The van der Waals surface area contributed by atoms with Crippen molar-refractivity contribution in [1.29, 1.82) is 0 Å². The monoisotopic (exact) mass is 285 g/mol. The molecule has 1 aromatic rings. The molecule has 0 unspecified atom stereocenters. The fourth-order valence-corrected chi connectivity index (χ4v) is 2.11. The van der Waals surface area contributed by atoms with Crippen LogP contribution in [-0.2, 0) is 0 Å². The smallest absolute Gasteiger partial charge is 0.285 e. The molecule has 1 amide bonds. The molecule has 0 spiro atoms. The minimum atomic E-state index is -1.35. The summed E-state index contributed by atoms with van der Waals surface area (Å²) < 4.78 is 26.2. The maximum Gasteiger partial charge on any atom is 0.285 e. The molecule has 1 saturated heterocycles. The van der Waals surface area contributed by atoms with Crippen molar-refractivity contribution < 1.29 is 18.5 Å². The predicted octanol–water partition coefficient (Wildman–Crippen LogP) is 1.35. The number of halogens is 2. The van der Waals surface area contributed by atoms with E-state index in [-0.39, 0.29) is 6.04 Å². The van der Waals surface area contributed by atoms with E-state index in [1.165, 1.54) is 0 Å². The Hall–Kier alpha value is -2.09. The zero-order chi connectivity index (χ0) is 14.7. The molecule has 8 heteroatoms. The molecular formula is C12H13F2N3O3. The third-order valence-corrected chi connectivity index (χ3v) is 3.11. The number of amides is 1. The first-order valence-electron chi connectivity index (χ1n) is 6.14. The average molecular weight is 285 g/mol. The third-order valence-electron chi connectivity index (χ3n) is 3.11. The van der Waals surface area contributed by atoms with Crippen molar-refractivity contribution in [1.82, 2.24) is 10.6 Å². The fraction of sp³-hybridized carbons (Fsp3) is 0.417. The number of hydrogen-bond acceptors (Lipinski definition) is 4. The highest BCUT2D eigenvalue weighted by Crippen LogP contribution is 2.22. The highest BCUT2D eigenvalue weighted by molar-refractivity contribution is 5.98. The summed E-state index contributed by atoms with van der Waals surface area (Å²) in [6.45, 7) is 1.39. The van der Waals surface area contributed by atoms with Crippen molar-refractivity contribution in [3.63, 3.8) is 0 Å². The van der Waals surface area contributed by atoms with Crippen molar-refractivity contribution in [2.24, 2.45) is 0 Å². The molecule has 2 N–H and O–H groups in total. The van der Waals surface area contributed by atoms with Crippen LogP contribution in [0.2, 0.25) is 0 Å². The minimum Gasteiger partial charge on any atom is -0.348 e. The van der Waals surface area contributed by atoms with Crippen molar-refractivity contribution in [2.45, 2.75) is 18.9 Å². The average Bonchev–Trinajstić information content (AvgIpc) is 2.42. The van der Waals surface area contributed by atoms with Gasteiger partial charge in [0.25, 0.3) is 11.6 Å². The predicted molar refractivity (Wildman–Crippen MR) is 66.4 cm³/mol. The third kappa shape index (κ3) is 3.08. The SMILES string of the molecule is O=C(N[C@@H]1CCCNC1)c1cc(F)c(F)cc1[N+](=O)[O-]. The molecule has 0 saturated carbocycles. The number of rotatable bonds is 3. The van der Waals surface area contributed by atoms with E-state index < -0.39 is 33.7 Å². The molecule has 1 aliphatic rings. The van der Waals surface area contributed by atoms with Crippen molar-refractivity contribution in [2.75, 3.05) is 13.1 Å². The molecule has 0 bridgehead atoms. The fourth-order valence-electron chi connectivity index (χ4n) is 2.11. The maximum absolute atomic E-state index is 13.2. The number of nitrogens with one attached hydrogen (secondary N) is 2. The molecule has 20 heavy (non-hydrogen) atoms. The largest absolute Gasteiger partial charge is 0.348 e. The Morgan fingerprint density at radius 2 is 2.10 bits per heavy atom. The van der Waals surface area contributed by atoms with Crippen LogP contribution in [-0.4, -0.2) is 30.0 Å². The van der Waals surface area contributed by atoms with Crippen LogP contribution in [0.4, 0.5) is 14.5 Å². The maximum atomic E-state index is 13.2. The lowest BCUT2D eigenvalue weighted by molar-refractivity contribution is -0.385. The summed E-state index contributed by atoms with van der Waals surface area (Å²) in [5.74, 6) is -3.42. The second kappa shape index (κ2) is 5.91. The lowest BCUT2D eigenvalue weighted by Gasteiger charge is -2.23. The normalized spacial score (nSPS) is 18.6. The van der Waals surface area contributed by atoms with Gasteiger partial charge in [-0.1, -0.05) is 0 Å². The van der Waals surface area contributed by atoms with Gasteiger partial charge in [-0.15, -0.1) is 0 Å². The van der Waals surface area contributed by atoms with Gasteiger partial charge < -0.3 is 10.6 Å². The molecule has 6 nitrogen and oxygen atoms in total. The Balaban J connectivity index is 2.23. The minimum absolute atomic E-state index is 0.177. The Morgan fingerprint density at radius 1 is 1.40 bits per heavy atom. The number of nitro groups is 1. The number of carbonyl (C=O) groups is 1. The van der Waals surface area contributed by atoms with E-state index in [2.05, 4.69) is 10.6 Å². The lowest BCUT2D eigenvalue weighted by atomic mass is 10.1. The van der Waals surface area contributed by atoms with Gasteiger partial charge in [-0.25, -0.2) is 8.78 Å². The lowest BCUT2D eigenvalue weighted by Crippen LogP contribution is -2.45. The van der Waals surface area contributed by atoms with Gasteiger partial charge in [0.1, 0.15) is 5.56 Å². The number of piperidine rings is 1. The van der Waals surface area contributed by atoms with Crippen molar-refractivity contribution in [3.05, 3.63) is 39.4 Å². The summed E-state index contributed by atoms with van der Waals surface area (Å²) in [5, 5.41) is 16.5. The number of benzene rings is 1. The number of hydrogen-bond donors (Lipinski definition) is 2. The molecule has 0 radical (unpaired) electrons. The van der Waals surface area contributed by atoms with Crippen LogP contribution >= 0.6 is 0 Å². The van der Waals surface area contributed by atoms with Gasteiger partial charge in [-0.05, 0) is 25.5 Å². The van der Waals surface area contributed by atoms with Crippen LogP contribution in [0, 0.1) is 21.7 Å². The van der Waals surface area contributed by atoms with Crippen LogP contribution in [0.3, 0.4) is 0 Å². The summed E-state index contributed by atoms with van der Waals surface area (Å²) in [6, 6.07) is 0.798. The molecule has 2 rings (SSSR count). The van der Waals surface area contributed by atoms with Gasteiger partial charge in [0.05, 0.1) is 11.0 Å². The molecule has 1 heterocycles. The molecule has 108 valence electrons. The molecule has 0 aromatic heterocycles. The summed E-state index contributed by atoms with van der Waals surface area (Å²) in [4.78, 5) is 21.9. The molecule has 1 atom stereocenters. The van der Waals surface area contributed by atoms with Crippen LogP contribution in [0.15, 0.2) is 12.1 Å². The van der Waals surface area contributed by atoms with Gasteiger partial charge in [-0.3, -0.25) is 14.9 Å². The van der Waals surface area contributed by atoms with Crippen LogP contribution in [0.5, 0.6) is 0 Å². The summed E-state index contributed by atoms with van der Waals surface area (Å²) in [5.41, 5.74) is -1.22. The zero-order valence-electron chi connectivity index (χ0n) is 10.5. The Kier molecular flexibility index (Phi) is 4.23. The highest BCUT2D eigenvalue weighted by Gasteiger charge is 2.25. The molecule has 1 aromatic carbocycles. The highest BCUT2D eigenvalue weighted by atomic mass is 19.2. The topological polar surface area (TPSA) is 84.3 Å². The molecule has 1 fully saturated rings. The van der Waals surface area contributed by atoms with E-state index >= 15 is 0 Å². The molecule has 0 aliphatic carbocycles. The second-order valence-electron chi connectivity index (χ2n) is 4.56. The van der Waals surface area contributed by atoms with Crippen LogP contribution < -0.4 is 10.6 Å². The van der Waals surface area contributed by atoms with E-state index in [0.717, 1.165) is 19.4 Å². The van der Waals surface area contributed by atoms with Crippen molar-refractivity contribution in [3.8, 4) is 0 Å². The quantitative estimate of drug-likeness (QED) is 0.648. The standard InChI is InChI=1S/C12H13F2N3O3/c13-9-4-8(11(17(19)20)5-10(9)14)12(18)16-7-2-1-3-15-6-7/h4-5,7,15H,1-3,6H2,(H,16,18)/t7-/m1/s1. The van der Waals surface area contributed by atoms with Gasteiger partial charge >= 0.3 is 0 Å². The first kappa shape index (κ1) is 14.3. The summed E-state index contributed by atoms with van der Waals surface area (Å²) >= 11 is 0. The van der Waals surface area contributed by atoms with Gasteiger partial charge in [0.2, 0.25) is 0 Å². The Morgan fingerprint density at radius 3 is 2.70 bits per heavy atom. The van der Waals surface area contributed by atoms with E-state index in [0.29, 0.717) is 18.7 Å². The molecular weight excluding hydrogens is 272 g/mol. The number of carbonyl (C=O) groups excluding carboxylic acids is 1. The first-order chi connectivity index (χ1) is 9.49. The van der Waals surface area contributed by atoms with Crippen LogP contribution in [0.1, 0.15) is 23.2 Å². The first-order valence-corrected chi connectivity index (χ1v) is 6.14. The van der Waals surface area contributed by atoms with Gasteiger partial charge in [0, 0.05) is 12.6 Å². The van der Waals surface area contributed by atoms with E-state index in [1.807, 2.05) is 0 Å². The van der Waals surface area contributed by atoms with Gasteiger partial charge in [-0.2, -0.15) is 0 Å². The zero-order valence-corrected chi connectivity index (χ0v) is 10.5. The Labute approximate surface area is 113 Å². The summed E-state index contributed by atoms with van der Waals surface area (Å²) in [7, 11) is 0. The number of nitro benzene ring substituents is 1. The van der Waals surface area contributed by atoms with E-state index in [4.69, 9.17) is 0 Å².